The maximum Gasteiger partial charge on any atom is 0.187 e. The highest BCUT2D eigenvalue weighted by Crippen LogP contribution is 2.39. The molecule has 0 aromatic heterocycles. The molecule has 0 atom stereocenters. The lowest BCUT2D eigenvalue weighted by Crippen LogP contribution is -2.09. The SMILES string of the molecule is C=CCOc1c(OCCSCCOc2cccc(C3OCCO3)c2OCC=C)cccc1C1OCCO1. The molecule has 2 aliphatic rings. The molecular formula is C28H34O8S. The first-order valence-electron chi connectivity index (χ1n) is 12.3. The molecule has 37 heavy (non-hydrogen) atoms. The summed E-state index contributed by atoms with van der Waals surface area (Å²) in [6.07, 6.45) is 2.51. The highest BCUT2D eigenvalue weighted by molar-refractivity contribution is 7.99. The summed E-state index contributed by atoms with van der Waals surface area (Å²) >= 11 is 1.74. The Kier molecular flexibility index (Phi) is 11.0. The van der Waals surface area contributed by atoms with Crippen LogP contribution in [0.25, 0.3) is 0 Å². The third-order valence-electron chi connectivity index (χ3n) is 5.43. The normalized spacial score (nSPS) is 16.0. The minimum Gasteiger partial charge on any atom is -0.489 e. The minimum atomic E-state index is -0.444. The van der Waals surface area contributed by atoms with Crippen LogP contribution in [-0.4, -0.2) is 64.4 Å². The van der Waals surface area contributed by atoms with Crippen molar-refractivity contribution in [3.8, 4) is 23.0 Å². The molecule has 2 aromatic carbocycles. The zero-order valence-electron chi connectivity index (χ0n) is 20.9. The Balaban J connectivity index is 1.25. The van der Waals surface area contributed by atoms with Crippen molar-refractivity contribution in [1.29, 1.82) is 0 Å². The summed E-state index contributed by atoms with van der Waals surface area (Å²) in [6.45, 7) is 11.5. The van der Waals surface area contributed by atoms with E-state index in [0.717, 1.165) is 22.6 Å². The van der Waals surface area contributed by atoms with E-state index in [2.05, 4.69) is 13.2 Å². The zero-order chi connectivity index (χ0) is 25.7. The number of para-hydroxylation sites is 2. The Morgan fingerprint density at radius 2 is 1.11 bits per heavy atom. The monoisotopic (exact) mass is 530 g/mol. The topological polar surface area (TPSA) is 73.8 Å². The second-order valence-corrected chi connectivity index (χ2v) is 9.23. The van der Waals surface area contributed by atoms with Gasteiger partial charge in [0.15, 0.2) is 35.6 Å². The summed E-state index contributed by atoms with van der Waals surface area (Å²) in [5, 5.41) is 0. The van der Waals surface area contributed by atoms with Gasteiger partial charge in [0.05, 0.1) is 50.8 Å². The largest absolute Gasteiger partial charge is 0.489 e. The second kappa shape index (κ2) is 14.9. The van der Waals surface area contributed by atoms with Crippen molar-refractivity contribution < 1.29 is 37.9 Å². The first-order valence-corrected chi connectivity index (χ1v) is 13.5. The van der Waals surface area contributed by atoms with Crippen LogP contribution >= 0.6 is 11.8 Å². The Labute approximate surface area is 222 Å². The van der Waals surface area contributed by atoms with Gasteiger partial charge < -0.3 is 37.9 Å². The molecule has 0 N–H and O–H groups in total. The van der Waals surface area contributed by atoms with Gasteiger partial charge in [0.1, 0.15) is 13.2 Å². The molecule has 0 aliphatic carbocycles. The minimum absolute atomic E-state index is 0.366. The van der Waals surface area contributed by atoms with Gasteiger partial charge in [-0.15, -0.1) is 0 Å². The molecular weight excluding hydrogens is 496 g/mol. The standard InChI is InChI=1S/C28H34O8S/c1-3-11-31-25-21(27-33-13-14-34-27)7-5-9-23(25)29-17-19-37-20-18-30-24-10-6-8-22(26(24)32-12-4-2)28-35-15-16-36-28/h3-10,27-28H,1-2,11-20H2. The fraction of sp³-hybridized carbons (Fsp3) is 0.429. The molecule has 200 valence electrons. The van der Waals surface area contributed by atoms with Gasteiger partial charge >= 0.3 is 0 Å². The molecule has 2 fully saturated rings. The van der Waals surface area contributed by atoms with Crippen molar-refractivity contribution in [1.82, 2.24) is 0 Å². The van der Waals surface area contributed by atoms with E-state index in [1.807, 2.05) is 36.4 Å². The lowest BCUT2D eigenvalue weighted by Gasteiger charge is -2.19. The van der Waals surface area contributed by atoms with Crippen LogP contribution in [0.15, 0.2) is 61.7 Å². The first-order chi connectivity index (χ1) is 18.3. The predicted molar refractivity (Wildman–Crippen MR) is 142 cm³/mol. The van der Waals surface area contributed by atoms with Crippen molar-refractivity contribution >= 4 is 11.8 Å². The molecule has 2 aromatic rings. The molecule has 0 bridgehead atoms. The predicted octanol–water partition coefficient (Wildman–Crippen LogP) is 5.10. The van der Waals surface area contributed by atoms with Gasteiger partial charge in [0.2, 0.25) is 0 Å². The molecule has 8 nitrogen and oxygen atoms in total. The van der Waals surface area contributed by atoms with E-state index in [9.17, 15) is 0 Å². The van der Waals surface area contributed by atoms with Crippen molar-refractivity contribution in [3.63, 3.8) is 0 Å². The van der Waals surface area contributed by atoms with Crippen LogP contribution in [0, 0.1) is 0 Å². The molecule has 0 saturated carbocycles. The lowest BCUT2D eigenvalue weighted by molar-refractivity contribution is -0.0460. The molecule has 2 aliphatic heterocycles. The number of thioether (sulfide) groups is 1. The van der Waals surface area contributed by atoms with Crippen LogP contribution in [0.5, 0.6) is 23.0 Å². The van der Waals surface area contributed by atoms with E-state index in [4.69, 9.17) is 37.9 Å². The summed E-state index contributed by atoms with van der Waals surface area (Å²) < 4.78 is 46.5. The van der Waals surface area contributed by atoms with E-state index < -0.39 is 12.6 Å². The number of rotatable bonds is 16. The Hall–Kier alpha value is -2.69. The summed E-state index contributed by atoms with van der Waals surface area (Å²) in [7, 11) is 0. The summed E-state index contributed by atoms with van der Waals surface area (Å²) in [5.74, 6) is 4.15. The Bertz CT molecular complexity index is 922. The molecule has 9 heteroatoms. The molecule has 4 rings (SSSR count). The zero-order valence-corrected chi connectivity index (χ0v) is 21.7. The molecule has 0 spiro atoms. The van der Waals surface area contributed by atoms with Gasteiger partial charge in [0.25, 0.3) is 0 Å². The smallest absolute Gasteiger partial charge is 0.187 e. The fourth-order valence-corrected chi connectivity index (χ4v) is 4.46. The number of ether oxygens (including phenoxy) is 8. The van der Waals surface area contributed by atoms with Crippen molar-refractivity contribution in [2.45, 2.75) is 12.6 Å². The maximum atomic E-state index is 6.05. The van der Waals surface area contributed by atoms with Gasteiger partial charge in [-0.3, -0.25) is 0 Å². The van der Waals surface area contributed by atoms with E-state index in [-0.39, 0.29) is 0 Å². The maximum absolute atomic E-state index is 6.05. The van der Waals surface area contributed by atoms with Gasteiger partial charge in [-0.2, -0.15) is 11.8 Å². The van der Waals surface area contributed by atoms with Crippen LogP contribution in [0.4, 0.5) is 0 Å². The summed E-state index contributed by atoms with van der Waals surface area (Å²) in [5.41, 5.74) is 1.64. The van der Waals surface area contributed by atoms with E-state index in [1.165, 1.54) is 0 Å². The fourth-order valence-electron chi connectivity index (χ4n) is 3.86. The quantitative estimate of drug-likeness (QED) is 0.218. The van der Waals surface area contributed by atoms with Crippen molar-refractivity contribution in [3.05, 3.63) is 72.8 Å². The number of benzene rings is 2. The van der Waals surface area contributed by atoms with Crippen molar-refractivity contribution in [2.75, 3.05) is 64.4 Å². The number of hydrogen-bond acceptors (Lipinski definition) is 9. The van der Waals surface area contributed by atoms with Crippen LogP contribution in [0.2, 0.25) is 0 Å². The average Bonchev–Trinajstić information content (AvgIpc) is 3.66. The highest BCUT2D eigenvalue weighted by atomic mass is 32.2. The Morgan fingerprint density at radius 1 is 0.676 bits per heavy atom. The first kappa shape index (κ1) is 27.3. The molecule has 0 radical (unpaired) electrons. The highest BCUT2D eigenvalue weighted by Gasteiger charge is 2.25. The van der Waals surface area contributed by atoms with Crippen LogP contribution in [-0.2, 0) is 18.9 Å². The Morgan fingerprint density at radius 3 is 1.51 bits per heavy atom. The van der Waals surface area contributed by atoms with E-state index >= 15 is 0 Å². The average molecular weight is 531 g/mol. The van der Waals surface area contributed by atoms with Gasteiger partial charge in [-0.25, -0.2) is 0 Å². The third-order valence-corrected chi connectivity index (χ3v) is 6.34. The third kappa shape index (κ3) is 7.66. The van der Waals surface area contributed by atoms with Crippen LogP contribution in [0.3, 0.4) is 0 Å². The van der Waals surface area contributed by atoms with Gasteiger partial charge in [-0.05, 0) is 24.3 Å². The van der Waals surface area contributed by atoms with E-state index in [0.29, 0.717) is 75.9 Å². The summed E-state index contributed by atoms with van der Waals surface area (Å²) in [6, 6.07) is 11.5. The summed E-state index contributed by atoms with van der Waals surface area (Å²) in [4.78, 5) is 0. The molecule has 0 amide bonds. The van der Waals surface area contributed by atoms with Gasteiger partial charge in [-0.1, -0.05) is 37.4 Å². The second-order valence-electron chi connectivity index (χ2n) is 8.00. The van der Waals surface area contributed by atoms with Crippen LogP contribution in [0.1, 0.15) is 23.7 Å². The molecule has 2 saturated heterocycles. The number of hydrogen-bond donors (Lipinski definition) is 0. The van der Waals surface area contributed by atoms with Crippen LogP contribution < -0.4 is 18.9 Å². The van der Waals surface area contributed by atoms with E-state index in [1.54, 1.807) is 23.9 Å². The molecule has 0 unspecified atom stereocenters. The van der Waals surface area contributed by atoms with Crippen molar-refractivity contribution in [2.24, 2.45) is 0 Å². The van der Waals surface area contributed by atoms with Gasteiger partial charge in [0, 0.05) is 11.5 Å². The lowest BCUT2D eigenvalue weighted by atomic mass is 10.1. The molecule has 2 heterocycles.